The molecule has 0 unspecified atom stereocenters. The van der Waals surface area contributed by atoms with Crippen LogP contribution in [0.5, 0.6) is 11.5 Å². The number of ether oxygens (including phenoxy) is 1. The molecule has 0 aliphatic carbocycles. The Morgan fingerprint density at radius 1 is 1.15 bits per heavy atom. The van der Waals surface area contributed by atoms with E-state index in [4.69, 9.17) is 10.5 Å². The molecule has 3 rings (SSSR count). The fourth-order valence-corrected chi connectivity index (χ4v) is 2.33. The molecule has 0 radical (unpaired) electrons. The summed E-state index contributed by atoms with van der Waals surface area (Å²) in [5.41, 5.74) is 7.27. The zero-order valence-corrected chi connectivity index (χ0v) is 10.8. The van der Waals surface area contributed by atoms with E-state index in [0.717, 1.165) is 11.1 Å². The van der Waals surface area contributed by atoms with Crippen molar-refractivity contribution in [3.05, 3.63) is 59.2 Å². The fourth-order valence-electron chi connectivity index (χ4n) is 2.33. The van der Waals surface area contributed by atoms with Gasteiger partial charge in [0.05, 0.1) is 12.0 Å². The molecule has 4 heteroatoms. The summed E-state index contributed by atoms with van der Waals surface area (Å²) < 4.78 is 5.80. The molecule has 1 amide bonds. The minimum absolute atomic E-state index is 0.0173. The van der Waals surface area contributed by atoms with Crippen molar-refractivity contribution in [1.82, 2.24) is 0 Å². The van der Waals surface area contributed by atoms with Crippen molar-refractivity contribution in [1.29, 1.82) is 0 Å². The van der Waals surface area contributed by atoms with Crippen LogP contribution in [-0.4, -0.2) is 11.7 Å². The van der Waals surface area contributed by atoms with Gasteiger partial charge in [-0.3, -0.25) is 9.59 Å². The first-order chi connectivity index (χ1) is 9.63. The predicted molar refractivity (Wildman–Crippen MR) is 73.9 cm³/mol. The third kappa shape index (κ3) is 2.28. The molecule has 100 valence electrons. The highest BCUT2D eigenvalue weighted by Gasteiger charge is 2.21. The van der Waals surface area contributed by atoms with Crippen LogP contribution in [0.2, 0.25) is 0 Å². The quantitative estimate of drug-likeness (QED) is 0.907. The molecule has 2 N–H and O–H groups in total. The number of nitrogens with two attached hydrogens (primary N) is 1. The van der Waals surface area contributed by atoms with Gasteiger partial charge >= 0.3 is 0 Å². The number of fused-ring (bicyclic) bond motifs is 2. The monoisotopic (exact) mass is 267 g/mol. The molecular formula is C16H13NO3. The van der Waals surface area contributed by atoms with Gasteiger partial charge in [-0.1, -0.05) is 24.3 Å². The first-order valence-electron chi connectivity index (χ1n) is 6.33. The minimum atomic E-state index is -0.421. The number of hydrogen-bond donors (Lipinski definition) is 1. The van der Waals surface area contributed by atoms with E-state index < -0.39 is 5.91 Å². The van der Waals surface area contributed by atoms with E-state index in [1.807, 2.05) is 24.3 Å². The predicted octanol–water partition coefficient (Wildman–Crippen LogP) is 2.25. The van der Waals surface area contributed by atoms with Crippen LogP contribution in [-0.2, 0) is 17.6 Å². The molecular weight excluding hydrogens is 254 g/mol. The molecule has 2 aromatic carbocycles. The Balaban J connectivity index is 2.04. The number of rotatable bonds is 2. The summed E-state index contributed by atoms with van der Waals surface area (Å²) in [6.45, 7) is 0. The molecule has 0 aromatic heterocycles. The number of primary amides is 1. The molecule has 0 saturated carbocycles. The van der Waals surface area contributed by atoms with Gasteiger partial charge in [-0.05, 0) is 23.8 Å². The lowest BCUT2D eigenvalue weighted by molar-refractivity contribution is -0.117. The number of amides is 1. The van der Waals surface area contributed by atoms with Gasteiger partial charge in [0.25, 0.3) is 0 Å². The van der Waals surface area contributed by atoms with Crippen LogP contribution in [0.25, 0.3) is 0 Å². The molecule has 0 fully saturated rings. The number of hydrogen-bond acceptors (Lipinski definition) is 3. The van der Waals surface area contributed by atoms with Crippen molar-refractivity contribution in [3.8, 4) is 11.5 Å². The number of ketones is 1. The summed E-state index contributed by atoms with van der Waals surface area (Å²) in [5.74, 6) is 0.780. The Bertz CT molecular complexity index is 707. The highest BCUT2D eigenvalue weighted by molar-refractivity contribution is 6.01. The smallest absolute Gasteiger partial charge is 0.221 e. The lowest BCUT2D eigenvalue weighted by atomic mass is 10.0. The number of para-hydroxylation sites is 1. The summed E-state index contributed by atoms with van der Waals surface area (Å²) >= 11 is 0. The normalized spacial score (nSPS) is 12.9. The zero-order chi connectivity index (χ0) is 14.1. The van der Waals surface area contributed by atoms with Crippen molar-refractivity contribution < 1.29 is 14.3 Å². The Morgan fingerprint density at radius 2 is 1.95 bits per heavy atom. The van der Waals surface area contributed by atoms with Crippen LogP contribution in [0.15, 0.2) is 42.5 Å². The minimum Gasteiger partial charge on any atom is -0.456 e. The van der Waals surface area contributed by atoms with Gasteiger partial charge in [-0.15, -0.1) is 0 Å². The van der Waals surface area contributed by atoms with Crippen LogP contribution in [0.4, 0.5) is 0 Å². The Labute approximate surface area is 116 Å². The number of carbonyl (C=O) groups is 2. The lowest BCUT2D eigenvalue weighted by Crippen LogP contribution is -2.14. The maximum absolute atomic E-state index is 12.3. The standard InChI is InChI=1S/C16H13NO3/c17-16(19)8-10-5-6-15-12(7-10)13(18)9-11-3-1-2-4-14(11)20-15/h1-7H,8-9H2,(H2,17,19). The van der Waals surface area contributed by atoms with Crippen molar-refractivity contribution in [2.75, 3.05) is 0 Å². The summed E-state index contributed by atoms with van der Waals surface area (Å²) in [4.78, 5) is 23.3. The highest BCUT2D eigenvalue weighted by Crippen LogP contribution is 2.33. The van der Waals surface area contributed by atoms with Crippen LogP contribution < -0.4 is 10.5 Å². The van der Waals surface area contributed by atoms with Crippen molar-refractivity contribution in [2.24, 2.45) is 5.73 Å². The molecule has 2 aromatic rings. The molecule has 4 nitrogen and oxygen atoms in total. The van der Waals surface area contributed by atoms with Crippen molar-refractivity contribution >= 4 is 11.7 Å². The zero-order valence-electron chi connectivity index (χ0n) is 10.8. The first-order valence-corrected chi connectivity index (χ1v) is 6.33. The third-order valence-corrected chi connectivity index (χ3v) is 3.27. The maximum Gasteiger partial charge on any atom is 0.221 e. The van der Waals surface area contributed by atoms with Crippen molar-refractivity contribution in [2.45, 2.75) is 12.8 Å². The fraction of sp³-hybridized carbons (Fsp3) is 0.125. The average molecular weight is 267 g/mol. The molecule has 1 aliphatic rings. The van der Waals surface area contributed by atoms with Gasteiger partial charge in [0.2, 0.25) is 5.91 Å². The second kappa shape index (κ2) is 4.81. The van der Waals surface area contributed by atoms with E-state index in [9.17, 15) is 9.59 Å². The maximum atomic E-state index is 12.3. The average Bonchev–Trinajstić information content (AvgIpc) is 2.54. The second-order valence-corrected chi connectivity index (χ2v) is 4.78. The molecule has 1 aliphatic heterocycles. The summed E-state index contributed by atoms with van der Waals surface area (Å²) in [6.07, 6.45) is 0.413. The molecule has 0 atom stereocenters. The van der Waals surface area contributed by atoms with E-state index in [-0.39, 0.29) is 12.2 Å². The van der Waals surface area contributed by atoms with Gasteiger partial charge in [-0.25, -0.2) is 0 Å². The first kappa shape index (κ1) is 12.4. The van der Waals surface area contributed by atoms with Crippen LogP contribution >= 0.6 is 0 Å². The summed E-state index contributed by atoms with van der Waals surface area (Å²) in [7, 11) is 0. The molecule has 20 heavy (non-hydrogen) atoms. The lowest BCUT2D eigenvalue weighted by Gasteiger charge is -2.08. The van der Waals surface area contributed by atoms with E-state index in [2.05, 4.69) is 0 Å². The van der Waals surface area contributed by atoms with Crippen molar-refractivity contribution in [3.63, 3.8) is 0 Å². The van der Waals surface area contributed by atoms with E-state index in [1.165, 1.54) is 0 Å². The van der Waals surface area contributed by atoms with Gasteiger partial charge in [0.1, 0.15) is 11.5 Å². The third-order valence-electron chi connectivity index (χ3n) is 3.27. The Kier molecular flexibility index (Phi) is 2.99. The van der Waals surface area contributed by atoms with Crippen LogP contribution in [0.1, 0.15) is 21.5 Å². The summed E-state index contributed by atoms with van der Waals surface area (Å²) in [5, 5.41) is 0. The van der Waals surface area contributed by atoms with E-state index >= 15 is 0 Å². The topological polar surface area (TPSA) is 69.4 Å². The number of Topliss-reactive ketones (excluding diaryl/α,β-unsaturated/α-hetero) is 1. The molecule has 0 bridgehead atoms. The SMILES string of the molecule is NC(=O)Cc1ccc2c(c1)C(=O)Cc1ccccc1O2. The highest BCUT2D eigenvalue weighted by atomic mass is 16.5. The Hall–Kier alpha value is -2.62. The molecule has 1 heterocycles. The summed E-state index contributed by atoms with van der Waals surface area (Å²) in [6, 6.07) is 12.6. The second-order valence-electron chi connectivity index (χ2n) is 4.78. The van der Waals surface area contributed by atoms with Crippen LogP contribution in [0, 0.1) is 0 Å². The number of benzene rings is 2. The number of carbonyl (C=O) groups excluding carboxylic acids is 2. The molecule has 0 saturated heterocycles. The van der Waals surface area contributed by atoms with Crippen LogP contribution in [0.3, 0.4) is 0 Å². The van der Waals surface area contributed by atoms with Gasteiger partial charge < -0.3 is 10.5 Å². The molecule has 0 spiro atoms. The largest absolute Gasteiger partial charge is 0.456 e. The van der Waals surface area contributed by atoms with Gasteiger partial charge in [0.15, 0.2) is 5.78 Å². The Morgan fingerprint density at radius 3 is 2.75 bits per heavy atom. The van der Waals surface area contributed by atoms with Gasteiger partial charge in [-0.2, -0.15) is 0 Å². The van der Waals surface area contributed by atoms with Gasteiger partial charge in [0, 0.05) is 12.0 Å². The van der Waals surface area contributed by atoms with E-state index in [1.54, 1.807) is 18.2 Å². The van der Waals surface area contributed by atoms with E-state index in [0.29, 0.717) is 23.5 Å².